The molecule has 0 fully saturated rings. The molecule has 23 heavy (non-hydrogen) atoms. The Labute approximate surface area is 140 Å². The van der Waals surface area contributed by atoms with E-state index in [1.807, 2.05) is 0 Å². The van der Waals surface area contributed by atoms with Crippen LogP contribution in [0.4, 0.5) is 4.79 Å². The lowest BCUT2D eigenvalue weighted by Gasteiger charge is -2.13. The number of methoxy groups -OCH3 is 1. The van der Waals surface area contributed by atoms with Crippen molar-refractivity contribution in [1.29, 1.82) is 0 Å². The van der Waals surface area contributed by atoms with Crippen LogP contribution >= 0.6 is 11.6 Å². The molecule has 3 rings (SSSR count). The molecule has 0 bridgehead atoms. The number of pyridine rings is 3. The lowest BCUT2D eigenvalue weighted by molar-refractivity contribution is 0.121. The average molecular weight is 334 g/mol. The van der Waals surface area contributed by atoms with Crippen LogP contribution in [0.2, 0.25) is 5.02 Å². The second-order valence-electron chi connectivity index (χ2n) is 4.45. The van der Waals surface area contributed by atoms with E-state index in [1.54, 1.807) is 30.3 Å². The first-order chi connectivity index (χ1) is 12.3. The van der Waals surface area contributed by atoms with E-state index in [4.69, 9.17) is 20.5 Å². The number of halogens is 1. The molecule has 0 saturated heterocycles. The highest BCUT2D eigenvalue weighted by molar-refractivity contribution is 6.36. The van der Waals surface area contributed by atoms with E-state index in [9.17, 15) is 9.59 Å². The van der Waals surface area contributed by atoms with Crippen molar-refractivity contribution in [3.05, 3.63) is 64.2 Å². The van der Waals surface area contributed by atoms with Gasteiger partial charge in [0, 0.05) is 12.4 Å². The van der Waals surface area contributed by atoms with Gasteiger partial charge in [0.15, 0.2) is 5.75 Å². The molecule has 3 heterocycles. The number of carbonyl (C=O) groups is 1. The second-order valence-corrected chi connectivity index (χ2v) is 4.83. The van der Waals surface area contributed by atoms with E-state index >= 15 is 0 Å². The zero-order chi connectivity index (χ0) is 18.9. The minimum atomic E-state index is -3.00. The van der Waals surface area contributed by atoms with Crippen molar-refractivity contribution >= 4 is 23.3 Å². The van der Waals surface area contributed by atoms with Crippen LogP contribution in [-0.4, -0.2) is 22.6 Å². The predicted octanol–water partition coefficient (Wildman–Crippen LogP) is 3.16. The van der Waals surface area contributed by atoms with Gasteiger partial charge in [-0.1, -0.05) is 23.7 Å². The van der Waals surface area contributed by atoms with E-state index in [1.165, 1.54) is 22.9 Å². The normalized spacial score (nSPS) is 13.0. The first-order valence-corrected chi connectivity index (χ1v) is 6.81. The topological polar surface area (TPSA) is 69.9 Å². The van der Waals surface area contributed by atoms with Gasteiger partial charge in [-0.05, 0) is 24.3 Å². The maximum Gasteiger partial charge on any atom is 0.513 e. The fraction of sp³-hybridized carbons (Fsp3) is 0.0625. The smallest absolute Gasteiger partial charge is 0.437 e. The van der Waals surface area contributed by atoms with Crippen LogP contribution in [0.15, 0.2) is 53.6 Å². The highest BCUT2D eigenvalue weighted by Gasteiger charge is 2.22. The third-order valence-electron chi connectivity index (χ3n) is 3.13. The zero-order valence-corrected chi connectivity index (χ0v) is 12.3. The Hall–Kier alpha value is -2.86. The highest BCUT2D eigenvalue weighted by Crippen LogP contribution is 2.35. The Kier molecular flexibility index (Phi) is 3.09. The molecule has 3 aromatic heterocycles. The standard InChI is InChI=1S/C16H11ClN2O4/c1-22-16(21)23-14-12(10-6-2-4-8-18-10)15(20)19-9-5-3-7-11(19)13(14)17/h2-9H,1H3/i1D3. The third kappa shape index (κ3) is 2.64. The summed E-state index contributed by atoms with van der Waals surface area (Å²) in [5.41, 5.74) is -0.160. The number of carbonyl (C=O) groups excluding carboxylic acids is 1. The monoisotopic (exact) mass is 333 g/mol. The summed E-state index contributed by atoms with van der Waals surface area (Å²) in [5, 5.41) is -0.0617. The van der Waals surface area contributed by atoms with Gasteiger partial charge >= 0.3 is 6.16 Å². The molecule has 0 aliphatic rings. The fourth-order valence-electron chi connectivity index (χ4n) is 2.18. The summed E-state index contributed by atoms with van der Waals surface area (Å²) >= 11 is 6.32. The van der Waals surface area contributed by atoms with E-state index in [2.05, 4.69) is 9.72 Å². The zero-order valence-electron chi connectivity index (χ0n) is 14.5. The third-order valence-corrected chi connectivity index (χ3v) is 3.50. The van der Waals surface area contributed by atoms with Gasteiger partial charge in [-0.25, -0.2) is 4.79 Å². The number of rotatable bonds is 2. The molecule has 116 valence electrons. The summed E-state index contributed by atoms with van der Waals surface area (Å²) in [7, 11) is -3.00. The van der Waals surface area contributed by atoms with E-state index < -0.39 is 18.8 Å². The van der Waals surface area contributed by atoms with E-state index in [-0.39, 0.29) is 27.5 Å². The molecule has 0 aromatic carbocycles. The van der Waals surface area contributed by atoms with Crippen LogP contribution in [0, 0.1) is 0 Å². The molecular formula is C16H11ClN2O4. The molecule has 7 heteroatoms. The lowest BCUT2D eigenvalue weighted by atomic mass is 10.1. The van der Waals surface area contributed by atoms with Gasteiger partial charge in [-0.2, -0.15) is 0 Å². The van der Waals surface area contributed by atoms with Crippen LogP contribution in [0.5, 0.6) is 5.75 Å². The molecule has 0 atom stereocenters. The minimum Gasteiger partial charge on any atom is -0.437 e. The molecule has 0 aliphatic carbocycles. The van der Waals surface area contributed by atoms with Crippen molar-refractivity contribution < 1.29 is 18.4 Å². The molecule has 0 unspecified atom stereocenters. The van der Waals surface area contributed by atoms with Crippen LogP contribution < -0.4 is 10.3 Å². The summed E-state index contributed by atoms with van der Waals surface area (Å²) in [6.07, 6.45) is 1.44. The molecule has 0 aliphatic heterocycles. The SMILES string of the molecule is [2H]C([2H])([2H])OC(=O)Oc1c(-c2ccccn2)c(=O)n2ccccc2c1Cl. The quantitative estimate of drug-likeness (QED) is 0.674. The average Bonchev–Trinajstić information content (AvgIpc) is 2.59. The second kappa shape index (κ2) is 6.10. The number of aromatic nitrogens is 2. The van der Waals surface area contributed by atoms with Gasteiger partial charge in [-0.3, -0.25) is 14.2 Å². The summed E-state index contributed by atoms with van der Waals surface area (Å²) in [4.78, 5) is 28.8. The molecule has 0 N–H and O–H groups in total. The molecule has 0 radical (unpaired) electrons. The van der Waals surface area contributed by atoms with Crippen LogP contribution in [-0.2, 0) is 4.74 Å². The van der Waals surface area contributed by atoms with Crippen molar-refractivity contribution in [2.75, 3.05) is 7.04 Å². The summed E-state index contributed by atoms with van der Waals surface area (Å²) < 4.78 is 31.4. The molecule has 3 aromatic rings. The minimum absolute atomic E-state index is 0.0617. The Morgan fingerprint density at radius 1 is 1.30 bits per heavy atom. The van der Waals surface area contributed by atoms with E-state index in [0.717, 1.165) is 0 Å². The van der Waals surface area contributed by atoms with Crippen LogP contribution in [0.25, 0.3) is 16.8 Å². The maximum absolute atomic E-state index is 12.9. The van der Waals surface area contributed by atoms with Gasteiger partial charge < -0.3 is 9.47 Å². The van der Waals surface area contributed by atoms with Crippen molar-refractivity contribution in [2.24, 2.45) is 0 Å². The fourth-order valence-corrected chi connectivity index (χ4v) is 2.47. The Morgan fingerprint density at radius 3 is 2.87 bits per heavy atom. The number of nitrogens with zero attached hydrogens (tertiary/aromatic N) is 2. The largest absolute Gasteiger partial charge is 0.513 e. The van der Waals surface area contributed by atoms with Gasteiger partial charge in [0.05, 0.1) is 22.4 Å². The van der Waals surface area contributed by atoms with Crippen molar-refractivity contribution in [1.82, 2.24) is 9.38 Å². The summed E-state index contributed by atoms with van der Waals surface area (Å²) in [5.74, 6) is -0.323. The van der Waals surface area contributed by atoms with Gasteiger partial charge in [0.1, 0.15) is 10.6 Å². The van der Waals surface area contributed by atoms with Crippen LogP contribution in [0.1, 0.15) is 4.11 Å². The van der Waals surface area contributed by atoms with Crippen molar-refractivity contribution in [2.45, 2.75) is 0 Å². The molecule has 6 nitrogen and oxygen atoms in total. The number of fused-ring (bicyclic) bond motifs is 1. The molecule has 0 amide bonds. The predicted molar refractivity (Wildman–Crippen MR) is 84.9 cm³/mol. The highest BCUT2D eigenvalue weighted by atomic mass is 35.5. The van der Waals surface area contributed by atoms with Gasteiger partial charge in [0.2, 0.25) is 0 Å². The first-order valence-electron chi connectivity index (χ1n) is 7.93. The van der Waals surface area contributed by atoms with E-state index in [0.29, 0.717) is 0 Å². The van der Waals surface area contributed by atoms with Gasteiger partial charge in [0.25, 0.3) is 5.56 Å². The summed E-state index contributed by atoms with van der Waals surface area (Å²) in [6, 6.07) is 9.65. The number of hydrogen-bond donors (Lipinski definition) is 0. The van der Waals surface area contributed by atoms with Crippen LogP contribution in [0.3, 0.4) is 0 Å². The van der Waals surface area contributed by atoms with Gasteiger partial charge in [-0.15, -0.1) is 0 Å². The number of ether oxygens (including phenoxy) is 2. The van der Waals surface area contributed by atoms with Crippen molar-refractivity contribution in [3.63, 3.8) is 0 Å². The Bertz CT molecular complexity index is 1040. The van der Waals surface area contributed by atoms with Crippen molar-refractivity contribution in [3.8, 4) is 17.0 Å². The Morgan fingerprint density at radius 2 is 2.13 bits per heavy atom. The Balaban J connectivity index is 2.24. The maximum atomic E-state index is 12.9. The first kappa shape index (κ1) is 11.7. The molecular weight excluding hydrogens is 320 g/mol. The number of hydrogen-bond acceptors (Lipinski definition) is 5. The lowest BCUT2D eigenvalue weighted by Crippen LogP contribution is -2.20. The molecule has 0 spiro atoms. The molecule has 0 saturated carbocycles. The summed E-state index contributed by atoms with van der Waals surface area (Å²) in [6.45, 7) is 0.